The molecule has 0 fully saturated rings. The predicted molar refractivity (Wildman–Crippen MR) is 104 cm³/mol. The van der Waals surface area contributed by atoms with Crippen LogP contribution in [0.2, 0.25) is 0 Å². The second-order valence-corrected chi connectivity index (χ2v) is 6.57. The molecule has 4 aromatic rings. The first-order valence-corrected chi connectivity index (χ1v) is 8.89. The molecule has 4 rings (SSSR count). The maximum Gasteiger partial charge on any atom is 0.222 e. The van der Waals surface area contributed by atoms with Gasteiger partial charge in [-0.15, -0.1) is 5.10 Å². The van der Waals surface area contributed by atoms with Crippen LogP contribution in [0.25, 0.3) is 16.9 Å². The highest BCUT2D eigenvalue weighted by atomic mass is 19.1. The summed E-state index contributed by atoms with van der Waals surface area (Å²) in [6.45, 7) is 3.80. The van der Waals surface area contributed by atoms with Crippen molar-refractivity contribution in [3.05, 3.63) is 65.7 Å². The number of nitrogens with one attached hydrogen (secondary N) is 1. The summed E-state index contributed by atoms with van der Waals surface area (Å²) in [6, 6.07) is 5.96. The van der Waals surface area contributed by atoms with Crippen LogP contribution in [0.15, 0.2) is 42.9 Å². The second-order valence-electron chi connectivity index (χ2n) is 6.57. The van der Waals surface area contributed by atoms with Crippen LogP contribution >= 0.6 is 0 Å². The molecule has 9 heteroatoms. The third-order valence-corrected chi connectivity index (χ3v) is 4.52. The molecule has 29 heavy (non-hydrogen) atoms. The van der Waals surface area contributed by atoms with E-state index in [0.29, 0.717) is 28.4 Å². The zero-order valence-electron chi connectivity index (χ0n) is 16.0. The minimum Gasteiger partial charge on any atom is -0.481 e. The lowest BCUT2D eigenvalue weighted by Crippen LogP contribution is -2.12. The van der Waals surface area contributed by atoms with Gasteiger partial charge in [-0.25, -0.2) is 23.3 Å². The van der Waals surface area contributed by atoms with Gasteiger partial charge >= 0.3 is 0 Å². The number of pyridine rings is 2. The molecule has 0 aliphatic heterocycles. The first-order chi connectivity index (χ1) is 14.0. The van der Waals surface area contributed by atoms with Gasteiger partial charge in [0.25, 0.3) is 0 Å². The largest absolute Gasteiger partial charge is 0.481 e. The normalized spacial score (nSPS) is 12.2. The van der Waals surface area contributed by atoms with Crippen LogP contribution in [0.4, 0.5) is 14.6 Å². The quantitative estimate of drug-likeness (QED) is 0.550. The predicted octanol–water partition coefficient (Wildman–Crippen LogP) is 3.95. The van der Waals surface area contributed by atoms with Crippen LogP contribution in [0.5, 0.6) is 5.88 Å². The number of aromatic nitrogens is 5. The smallest absolute Gasteiger partial charge is 0.222 e. The summed E-state index contributed by atoms with van der Waals surface area (Å²) < 4.78 is 33.8. The molecule has 0 spiro atoms. The SMILES string of the molecule is COc1ncc(F)cc1-c1cnc2cc(C)c(N[C@@H](C)c3ccc(F)cn3)nn12. The summed E-state index contributed by atoms with van der Waals surface area (Å²) >= 11 is 0. The van der Waals surface area contributed by atoms with Gasteiger partial charge in [0.1, 0.15) is 11.6 Å². The lowest BCUT2D eigenvalue weighted by atomic mass is 10.2. The van der Waals surface area contributed by atoms with Gasteiger partial charge in [0, 0.05) is 0 Å². The van der Waals surface area contributed by atoms with Crippen LogP contribution in [-0.2, 0) is 0 Å². The van der Waals surface area contributed by atoms with E-state index >= 15 is 0 Å². The Morgan fingerprint density at radius 1 is 1.03 bits per heavy atom. The van der Waals surface area contributed by atoms with Crippen LogP contribution in [0.1, 0.15) is 24.2 Å². The van der Waals surface area contributed by atoms with Crippen molar-refractivity contribution in [1.29, 1.82) is 0 Å². The number of rotatable bonds is 5. The molecule has 4 aromatic heterocycles. The van der Waals surface area contributed by atoms with Gasteiger partial charge in [0.05, 0.1) is 48.7 Å². The Balaban J connectivity index is 1.75. The third kappa shape index (κ3) is 3.58. The van der Waals surface area contributed by atoms with Crippen molar-refractivity contribution < 1.29 is 13.5 Å². The fraction of sp³-hybridized carbons (Fsp3) is 0.200. The van der Waals surface area contributed by atoms with E-state index in [1.165, 1.54) is 25.4 Å². The molecular formula is C20H18F2N6O. The van der Waals surface area contributed by atoms with Gasteiger partial charge < -0.3 is 10.1 Å². The summed E-state index contributed by atoms with van der Waals surface area (Å²) in [7, 11) is 1.47. The van der Waals surface area contributed by atoms with E-state index in [1.807, 2.05) is 19.9 Å². The molecule has 0 aliphatic carbocycles. The Labute approximate surface area is 165 Å². The van der Waals surface area contributed by atoms with E-state index in [0.717, 1.165) is 11.8 Å². The van der Waals surface area contributed by atoms with E-state index in [1.54, 1.807) is 16.8 Å². The topological polar surface area (TPSA) is 77.2 Å². The maximum atomic E-state index is 13.8. The van der Waals surface area contributed by atoms with E-state index in [4.69, 9.17) is 4.74 Å². The Hall–Kier alpha value is -3.62. The van der Waals surface area contributed by atoms with E-state index in [9.17, 15) is 8.78 Å². The van der Waals surface area contributed by atoms with Gasteiger partial charge in [-0.1, -0.05) is 0 Å². The molecule has 0 aromatic carbocycles. The number of fused-ring (bicyclic) bond motifs is 1. The van der Waals surface area contributed by atoms with Crippen LogP contribution in [0.3, 0.4) is 0 Å². The van der Waals surface area contributed by atoms with E-state index < -0.39 is 11.6 Å². The Morgan fingerprint density at radius 2 is 1.83 bits per heavy atom. The summed E-state index contributed by atoms with van der Waals surface area (Å²) in [5.74, 6) is -0.0118. The van der Waals surface area contributed by atoms with Gasteiger partial charge in [-0.2, -0.15) is 0 Å². The summed E-state index contributed by atoms with van der Waals surface area (Å²) in [5.41, 5.74) is 3.12. The molecule has 0 saturated carbocycles. The average Bonchev–Trinajstić information content (AvgIpc) is 3.11. The highest BCUT2D eigenvalue weighted by molar-refractivity contribution is 5.68. The fourth-order valence-corrected chi connectivity index (χ4v) is 3.03. The Bertz CT molecular complexity index is 1180. The van der Waals surface area contributed by atoms with Crippen LogP contribution in [0, 0.1) is 18.6 Å². The van der Waals surface area contributed by atoms with Gasteiger partial charge in [-0.3, -0.25) is 4.98 Å². The van der Waals surface area contributed by atoms with Gasteiger partial charge in [-0.05, 0) is 43.7 Å². The Kier molecular flexibility index (Phi) is 4.79. The fourth-order valence-electron chi connectivity index (χ4n) is 3.03. The van der Waals surface area contributed by atoms with Crippen LogP contribution in [-0.4, -0.2) is 31.7 Å². The average molecular weight is 396 g/mol. The number of nitrogens with zero attached hydrogens (tertiary/aromatic N) is 5. The molecule has 0 amide bonds. The van der Waals surface area contributed by atoms with E-state index in [2.05, 4.69) is 25.4 Å². The minimum atomic E-state index is -0.489. The molecule has 4 heterocycles. The number of hydrogen-bond acceptors (Lipinski definition) is 6. The highest BCUT2D eigenvalue weighted by Gasteiger charge is 2.17. The maximum absolute atomic E-state index is 13.8. The Morgan fingerprint density at radius 3 is 2.55 bits per heavy atom. The van der Waals surface area contributed by atoms with Gasteiger partial charge in [0.15, 0.2) is 11.5 Å². The van der Waals surface area contributed by atoms with Crippen LogP contribution < -0.4 is 10.1 Å². The van der Waals surface area contributed by atoms with E-state index in [-0.39, 0.29) is 11.9 Å². The first kappa shape index (κ1) is 18.7. The molecule has 1 atom stereocenters. The lowest BCUT2D eigenvalue weighted by molar-refractivity contribution is 0.397. The molecular weight excluding hydrogens is 378 g/mol. The highest BCUT2D eigenvalue weighted by Crippen LogP contribution is 2.30. The van der Waals surface area contributed by atoms with Gasteiger partial charge in [0.2, 0.25) is 5.88 Å². The molecule has 1 N–H and O–H groups in total. The van der Waals surface area contributed by atoms with Crippen molar-refractivity contribution in [3.63, 3.8) is 0 Å². The van der Waals surface area contributed by atoms with Crippen molar-refractivity contribution in [2.45, 2.75) is 19.9 Å². The molecule has 148 valence electrons. The zero-order valence-corrected chi connectivity index (χ0v) is 16.0. The monoisotopic (exact) mass is 396 g/mol. The van der Waals surface area contributed by atoms with Crippen molar-refractivity contribution in [3.8, 4) is 17.1 Å². The first-order valence-electron chi connectivity index (χ1n) is 8.89. The standard InChI is InChI=1S/C20H18F2N6O/c1-11-6-18-24-10-17(15-7-14(22)9-25-20(15)29-3)28(18)27-19(11)26-12(2)16-5-4-13(21)8-23-16/h4-10,12H,1-3H3,(H,26,27)/t12-/m0/s1. The lowest BCUT2D eigenvalue weighted by Gasteiger charge is -2.16. The van der Waals surface area contributed by atoms with Crippen molar-refractivity contribution in [1.82, 2.24) is 24.6 Å². The minimum absolute atomic E-state index is 0.211. The summed E-state index contributed by atoms with van der Waals surface area (Å²) in [6.07, 6.45) is 3.86. The molecule has 0 bridgehead atoms. The number of imidazole rings is 1. The number of anilines is 1. The summed E-state index contributed by atoms with van der Waals surface area (Å²) in [5, 5.41) is 7.92. The van der Waals surface area contributed by atoms with Crippen molar-refractivity contribution in [2.75, 3.05) is 12.4 Å². The zero-order chi connectivity index (χ0) is 20.5. The number of ether oxygens (including phenoxy) is 1. The molecule has 0 saturated heterocycles. The second kappa shape index (κ2) is 7.42. The summed E-state index contributed by atoms with van der Waals surface area (Å²) in [4.78, 5) is 12.4. The third-order valence-electron chi connectivity index (χ3n) is 4.52. The van der Waals surface area contributed by atoms with Crippen molar-refractivity contribution in [2.24, 2.45) is 0 Å². The molecule has 7 nitrogen and oxygen atoms in total. The number of hydrogen-bond donors (Lipinski definition) is 1. The number of halogens is 2. The molecule has 0 aliphatic rings. The number of aryl methyl sites for hydroxylation is 1. The molecule has 0 radical (unpaired) electrons. The molecule has 0 unspecified atom stereocenters. The van der Waals surface area contributed by atoms with Crippen molar-refractivity contribution >= 4 is 11.5 Å². The number of methoxy groups -OCH3 is 1.